The summed E-state index contributed by atoms with van der Waals surface area (Å²) in [5.74, 6) is -2.01. The summed E-state index contributed by atoms with van der Waals surface area (Å²) in [6, 6.07) is 8.63. The summed E-state index contributed by atoms with van der Waals surface area (Å²) in [4.78, 5) is 23.7. The van der Waals surface area contributed by atoms with Crippen LogP contribution in [0.15, 0.2) is 41.6 Å². The van der Waals surface area contributed by atoms with Gasteiger partial charge in [0.15, 0.2) is 0 Å². The Bertz CT molecular complexity index is 559. The Labute approximate surface area is 129 Å². The van der Waals surface area contributed by atoms with E-state index in [2.05, 4.69) is 10.6 Å². The first-order valence-electron chi connectivity index (χ1n) is 7.03. The lowest BCUT2D eigenvalue weighted by Crippen LogP contribution is -2.36. The van der Waals surface area contributed by atoms with Gasteiger partial charge in [-0.25, -0.2) is 4.79 Å². The van der Waals surface area contributed by atoms with Crippen LogP contribution in [-0.2, 0) is 9.59 Å². The molecule has 0 saturated carbocycles. The maximum absolute atomic E-state index is 12.2. The Morgan fingerprint density at radius 3 is 2.23 bits per heavy atom. The number of carboxylic acid groups (broad SMARTS) is 1. The molecule has 6 nitrogen and oxygen atoms in total. The van der Waals surface area contributed by atoms with E-state index in [9.17, 15) is 19.8 Å². The fourth-order valence-electron chi connectivity index (χ4n) is 1.79. The Balaban J connectivity index is 3.00. The number of hydrogen-bond donors (Lipinski definition) is 4. The van der Waals surface area contributed by atoms with Gasteiger partial charge in [0.2, 0.25) is 0 Å². The first-order chi connectivity index (χ1) is 10.2. The zero-order valence-electron chi connectivity index (χ0n) is 13.0. The number of amides is 1. The summed E-state index contributed by atoms with van der Waals surface area (Å²) in [6.07, 6.45) is 0.333. The van der Waals surface area contributed by atoms with E-state index < -0.39 is 17.5 Å². The highest BCUT2D eigenvalue weighted by Crippen LogP contribution is 2.13. The van der Waals surface area contributed by atoms with Crippen molar-refractivity contribution < 1.29 is 19.8 Å². The Morgan fingerprint density at radius 2 is 1.77 bits per heavy atom. The van der Waals surface area contributed by atoms with Gasteiger partial charge in [0, 0.05) is 17.9 Å². The second-order valence-electron chi connectivity index (χ2n) is 5.50. The van der Waals surface area contributed by atoms with E-state index in [-0.39, 0.29) is 17.8 Å². The SMILES string of the molecule is CC/C(NCC(C)(C)O)=C(\C(=O)O)C(=O)Nc1ccccc1. The maximum atomic E-state index is 12.2. The van der Waals surface area contributed by atoms with E-state index in [1.54, 1.807) is 51.1 Å². The zero-order valence-corrected chi connectivity index (χ0v) is 13.0. The molecule has 0 aliphatic carbocycles. The quantitative estimate of drug-likeness (QED) is 0.349. The van der Waals surface area contributed by atoms with Gasteiger partial charge < -0.3 is 20.8 Å². The van der Waals surface area contributed by atoms with Gasteiger partial charge in [-0.05, 0) is 32.4 Å². The van der Waals surface area contributed by atoms with E-state index in [0.29, 0.717) is 12.1 Å². The molecule has 4 N–H and O–H groups in total. The van der Waals surface area contributed by atoms with Crippen molar-refractivity contribution in [1.29, 1.82) is 0 Å². The molecule has 22 heavy (non-hydrogen) atoms. The number of nitrogens with one attached hydrogen (secondary N) is 2. The minimum atomic E-state index is -1.31. The number of rotatable bonds is 7. The number of hydrogen-bond acceptors (Lipinski definition) is 4. The van der Waals surface area contributed by atoms with Crippen LogP contribution in [0.3, 0.4) is 0 Å². The van der Waals surface area contributed by atoms with Crippen molar-refractivity contribution in [1.82, 2.24) is 5.32 Å². The van der Waals surface area contributed by atoms with E-state index in [1.165, 1.54) is 0 Å². The van der Waals surface area contributed by atoms with Gasteiger partial charge in [0.25, 0.3) is 5.91 Å². The molecule has 0 aliphatic heterocycles. The summed E-state index contributed by atoms with van der Waals surface area (Å²) < 4.78 is 0. The summed E-state index contributed by atoms with van der Waals surface area (Å²) in [6.45, 7) is 5.08. The molecule has 0 unspecified atom stereocenters. The zero-order chi connectivity index (χ0) is 16.8. The van der Waals surface area contributed by atoms with Crippen LogP contribution in [0.25, 0.3) is 0 Å². The Morgan fingerprint density at radius 1 is 1.18 bits per heavy atom. The molecule has 0 atom stereocenters. The van der Waals surface area contributed by atoms with Crippen molar-refractivity contribution in [3.05, 3.63) is 41.6 Å². The van der Waals surface area contributed by atoms with Crippen LogP contribution in [0.5, 0.6) is 0 Å². The summed E-state index contributed by atoms with van der Waals surface area (Å²) in [5.41, 5.74) is -0.567. The lowest BCUT2D eigenvalue weighted by molar-refractivity contribution is -0.134. The van der Waals surface area contributed by atoms with E-state index in [0.717, 1.165) is 0 Å². The molecule has 120 valence electrons. The predicted octanol–water partition coefficient (Wildman–Crippen LogP) is 1.73. The highest BCUT2D eigenvalue weighted by atomic mass is 16.4. The highest BCUT2D eigenvalue weighted by Gasteiger charge is 2.23. The minimum absolute atomic E-state index is 0.144. The largest absolute Gasteiger partial charge is 0.477 e. The Hall–Kier alpha value is -2.34. The van der Waals surface area contributed by atoms with Gasteiger partial charge >= 0.3 is 5.97 Å². The van der Waals surface area contributed by atoms with Crippen molar-refractivity contribution in [2.75, 3.05) is 11.9 Å². The second kappa shape index (κ2) is 7.61. The van der Waals surface area contributed by atoms with Crippen molar-refractivity contribution in [2.45, 2.75) is 32.8 Å². The van der Waals surface area contributed by atoms with Crippen LogP contribution in [0, 0.1) is 0 Å². The smallest absolute Gasteiger partial charge is 0.343 e. The van der Waals surface area contributed by atoms with Gasteiger partial charge in [-0.1, -0.05) is 25.1 Å². The number of allylic oxidation sites excluding steroid dienone is 1. The van der Waals surface area contributed by atoms with Crippen LogP contribution in [0.2, 0.25) is 0 Å². The fourth-order valence-corrected chi connectivity index (χ4v) is 1.79. The Kier molecular flexibility index (Phi) is 6.12. The van der Waals surface area contributed by atoms with E-state index >= 15 is 0 Å². The molecule has 6 heteroatoms. The molecule has 0 heterocycles. The average Bonchev–Trinajstić information content (AvgIpc) is 2.42. The molecule has 0 fully saturated rings. The topological polar surface area (TPSA) is 98.7 Å². The number of anilines is 1. The van der Waals surface area contributed by atoms with Crippen LogP contribution in [0.4, 0.5) is 5.69 Å². The summed E-state index contributed by atoms with van der Waals surface area (Å²) >= 11 is 0. The normalized spacial score (nSPS) is 12.4. The number of carbonyl (C=O) groups is 2. The molecular formula is C16H22N2O4. The average molecular weight is 306 g/mol. The first-order valence-corrected chi connectivity index (χ1v) is 7.03. The number of aliphatic carboxylic acids is 1. The molecule has 0 aromatic heterocycles. The molecular weight excluding hydrogens is 284 g/mol. The van der Waals surface area contributed by atoms with E-state index in [4.69, 9.17) is 0 Å². The van der Waals surface area contributed by atoms with Gasteiger partial charge in [-0.3, -0.25) is 4.79 Å². The number of carboxylic acids is 1. The number of aliphatic hydroxyl groups is 1. The van der Waals surface area contributed by atoms with Crippen molar-refractivity contribution in [3.8, 4) is 0 Å². The third-order valence-corrected chi connectivity index (χ3v) is 2.86. The molecule has 1 amide bonds. The lowest BCUT2D eigenvalue weighted by Gasteiger charge is -2.21. The standard InChI is InChI=1S/C16H22N2O4/c1-4-12(17-10-16(2,3)22)13(15(20)21)14(19)18-11-8-6-5-7-9-11/h5-9,17,22H,4,10H2,1-3H3,(H,18,19)(H,20,21)/b13-12+. The number of carbonyl (C=O) groups excluding carboxylic acids is 1. The molecule has 1 aromatic rings. The highest BCUT2D eigenvalue weighted by molar-refractivity contribution is 6.21. The minimum Gasteiger partial charge on any atom is -0.477 e. The molecule has 0 saturated heterocycles. The van der Waals surface area contributed by atoms with Gasteiger partial charge in [-0.2, -0.15) is 0 Å². The third-order valence-electron chi connectivity index (χ3n) is 2.86. The molecule has 0 radical (unpaired) electrons. The molecule has 1 rings (SSSR count). The van der Waals surface area contributed by atoms with Crippen LogP contribution >= 0.6 is 0 Å². The monoisotopic (exact) mass is 306 g/mol. The maximum Gasteiger partial charge on any atom is 0.343 e. The summed E-state index contributed by atoms with van der Waals surface area (Å²) in [7, 11) is 0. The van der Waals surface area contributed by atoms with Crippen LogP contribution in [0.1, 0.15) is 27.2 Å². The van der Waals surface area contributed by atoms with Gasteiger partial charge in [-0.15, -0.1) is 0 Å². The molecule has 0 aliphatic rings. The second-order valence-corrected chi connectivity index (χ2v) is 5.50. The van der Waals surface area contributed by atoms with Gasteiger partial charge in [0.1, 0.15) is 5.57 Å². The number of benzene rings is 1. The van der Waals surface area contributed by atoms with E-state index in [1.807, 2.05) is 0 Å². The predicted molar refractivity (Wildman–Crippen MR) is 84.3 cm³/mol. The van der Waals surface area contributed by atoms with Crippen LogP contribution in [-0.4, -0.2) is 34.2 Å². The lowest BCUT2D eigenvalue weighted by atomic mass is 10.1. The van der Waals surface area contributed by atoms with Crippen LogP contribution < -0.4 is 10.6 Å². The van der Waals surface area contributed by atoms with Crippen molar-refractivity contribution in [3.63, 3.8) is 0 Å². The van der Waals surface area contributed by atoms with Crippen molar-refractivity contribution >= 4 is 17.6 Å². The van der Waals surface area contributed by atoms with Gasteiger partial charge in [0.05, 0.1) is 5.60 Å². The molecule has 1 aromatic carbocycles. The molecule has 0 bridgehead atoms. The first kappa shape index (κ1) is 17.7. The number of para-hydroxylation sites is 1. The third kappa shape index (κ3) is 5.57. The summed E-state index contributed by atoms with van der Waals surface area (Å²) in [5, 5.41) is 24.5. The molecule has 0 spiro atoms. The van der Waals surface area contributed by atoms with Crippen molar-refractivity contribution in [2.24, 2.45) is 0 Å². The fraction of sp³-hybridized carbons (Fsp3) is 0.375.